The number of aromatic nitrogens is 1. The molecule has 0 saturated carbocycles. The molecular weight excluding hydrogens is 319 g/mol. The molecule has 23 heavy (non-hydrogen) atoms. The Morgan fingerprint density at radius 3 is 2.61 bits per heavy atom. The summed E-state index contributed by atoms with van der Waals surface area (Å²) in [6.45, 7) is 5.33. The average molecular weight is 340 g/mol. The summed E-state index contributed by atoms with van der Waals surface area (Å²) in [7, 11) is 2.10. The van der Waals surface area contributed by atoms with Gasteiger partial charge in [0.05, 0.1) is 6.19 Å². The van der Waals surface area contributed by atoms with Gasteiger partial charge in [0.15, 0.2) is 11.8 Å². The Kier molecular flexibility index (Phi) is 7.37. The van der Waals surface area contributed by atoms with Crippen molar-refractivity contribution in [1.82, 2.24) is 9.79 Å². The molecular formula is C14H21BN2O5S. The van der Waals surface area contributed by atoms with Crippen molar-refractivity contribution in [3.8, 4) is 0 Å². The van der Waals surface area contributed by atoms with Crippen molar-refractivity contribution in [3.05, 3.63) is 16.1 Å². The van der Waals surface area contributed by atoms with Crippen LogP contribution in [0.2, 0.25) is 0 Å². The summed E-state index contributed by atoms with van der Waals surface area (Å²) < 4.78 is 5.34. The second-order valence-electron chi connectivity index (χ2n) is 5.63. The van der Waals surface area contributed by atoms with E-state index in [0.29, 0.717) is 11.4 Å². The molecule has 2 atom stereocenters. The minimum Gasteiger partial charge on any atom is -0.476 e. The van der Waals surface area contributed by atoms with Crippen molar-refractivity contribution in [2.75, 3.05) is 7.05 Å². The van der Waals surface area contributed by atoms with E-state index in [-0.39, 0.29) is 25.1 Å². The molecule has 1 aromatic heterocycles. The van der Waals surface area contributed by atoms with E-state index in [4.69, 9.17) is 9.84 Å². The molecule has 0 aliphatic carbocycles. The predicted molar refractivity (Wildman–Crippen MR) is 88.5 cm³/mol. The fourth-order valence-corrected chi connectivity index (χ4v) is 3.20. The lowest BCUT2D eigenvalue weighted by atomic mass is 9.86. The quantitative estimate of drug-likeness (QED) is 0.411. The van der Waals surface area contributed by atoms with Crippen LogP contribution in [0.4, 0.5) is 0 Å². The highest BCUT2D eigenvalue weighted by Gasteiger charge is 2.28. The number of carbonyl (C=O) groups is 3. The number of thiazole rings is 1. The molecule has 0 saturated heterocycles. The third kappa shape index (κ3) is 5.76. The lowest BCUT2D eigenvalue weighted by molar-refractivity contribution is -0.147. The molecule has 0 bridgehead atoms. The van der Waals surface area contributed by atoms with Crippen LogP contribution >= 0.6 is 11.3 Å². The molecule has 0 aromatic carbocycles. The zero-order valence-electron chi connectivity index (χ0n) is 13.7. The zero-order valence-corrected chi connectivity index (χ0v) is 14.5. The van der Waals surface area contributed by atoms with E-state index in [1.165, 1.54) is 12.3 Å². The molecule has 0 aliphatic heterocycles. The summed E-state index contributed by atoms with van der Waals surface area (Å²) in [4.78, 5) is 39.0. The van der Waals surface area contributed by atoms with Gasteiger partial charge in [-0.25, -0.2) is 9.78 Å². The van der Waals surface area contributed by atoms with Crippen LogP contribution in [-0.2, 0) is 14.3 Å². The van der Waals surface area contributed by atoms with Crippen LogP contribution in [-0.4, -0.2) is 53.5 Å². The molecule has 0 aliphatic rings. The highest BCUT2D eigenvalue weighted by Crippen LogP contribution is 2.29. The molecule has 1 heterocycles. The van der Waals surface area contributed by atoms with Crippen LogP contribution < -0.4 is 0 Å². The van der Waals surface area contributed by atoms with Gasteiger partial charge in [-0.05, 0) is 13.0 Å². The lowest BCUT2D eigenvalue weighted by Gasteiger charge is -2.32. The molecule has 0 radical (unpaired) electrons. The van der Waals surface area contributed by atoms with Gasteiger partial charge in [0.25, 0.3) is 7.41 Å². The van der Waals surface area contributed by atoms with E-state index in [9.17, 15) is 14.4 Å². The van der Waals surface area contributed by atoms with Gasteiger partial charge in [0.1, 0.15) is 5.01 Å². The van der Waals surface area contributed by atoms with E-state index in [1.54, 1.807) is 0 Å². The summed E-state index contributed by atoms with van der Waals surface area (Å²) >= 11 is 1.15. The fraction of sp³-hybridized carbons (Fsp3) is 0.571. The molecule has 0 unspecified atom stereocenters. The maximum Gasteiger partial charge on any atom is 0.355 e. The van der Waals surface area contributed by atoms with Crippen molar-refractivity contribution in [3.63, 3.8) is 0 Å². The Labute approximate surface area is 139 Å². The first-order valence-electron chi connectivity index (χ1n) is 7.26. The molecule has 0 amide bonds. The number of hydrogen-bond donors (Lipinski definition) is 1. The Balaban J connectivity index is 3.01. The highest BCUT2D eigenvalue weighted by atomic mass is 32.1. The topological polar surface area (TPSA) is 96.8 Å². The lowest BCUT2D eigenvalue weighted by Crippen LogP contribution is -2.40. The number of carboxylic acids is 1. The van der Waals surface area contributed by atoms with E-state index in [1.807, 2.05) is 25.7 Å². The van der Waals surface area contributed by atoms with Crippen molar-refractivity contribution >= 4 is 36.9 Å². The van der Waals surface area contributed by atoms with Crippen molar-refractivity contribution in [2.45, 2.75) is 39.3 Å². The highest BCUT2D eigenvalue weighted by molar-refractivity contribution is 7.09. The van der Waals surface area contributed by atoms with Gasteiger partial charge in [-0.2, -0.15) is 0 Å². The van der Waals surface area contributed by atoms with Gasteiger partial charge in [-0.15, -0.1) is 11.3 Å². The Morgan fingerprint density at radius 1 is 1.52 bits per heavy atom. The van der Waals surface area contributed by atoms with Crippen molar-refractivity contribution in [1.29, 1.82) is 0 Å². The van der Waals surface area contributed by atoms with Crippen LogP contribution in [0.3, 0.4) is 0 Å². The summed E-state index contributed by atoms with van der Waals surface area (Å²) in [5.74, 6) is -1.35. The van der Waals surface area contributed by atoms with Crippen LogP contribution in [0, 0.1) is 5.92 Å². The minimum absolute atomic E-state index is 0.0123. The number of esters is 1. The summed E-state index contributed by atoms with van der Waals surface area (Å²) in [5, 5.41) is 10.9. The van der Waals surface area contributed by atoms with Gasteiger partial charge in [0.2, 0.25) is 0 Å². The van der Waals surface area contributed by atoms with Crippen LogP contribution in [0.25, 0.3) is 0 Å². The molecule has 0 spiro atoms. The molecule has 126 valence electrons. The van der Waals surface area contributed by atoms with Gasteiger partial charge in [0, 0.05) is 24.8 Å². The molecule has 9 heteroatoms. The molecule has 0 fully saturated rings. The first-order chi connectivity index (χ1) is 10.8. The Hall–Kier alpha value is -1.74. The maximum atomic E-state index is 11.4. The van der Waals surface area contributed by atoms with Gasteiger partial charge in [-0.1, -0.05) is 13.8 Å². The van der Waals surface area contributed by atoms with Crippen LogP contribution in [0.5, 0.6) is 0 Å². The van der Waals surface area contributed by atoms with Gasteiger partial charge >= 0.3 is 11.9 Å². The van der Waals surface area contributed by atoms with Gasteiger partial charge in [-0.3, -0.25) is 4.79 Å². The Bertz CT molecular complexity index is 563. The molecule has 1 rings (SSSR count). The van der Waals surface area contributed by atoms with E-state index in [0.717, 1.165) is 17.5 Å². The number of carboxylic acid groups (broad SMARTS) is 1. The predicted octanol–water partition coefficient (Wildman–Crippen LogP) is 1.33. The van der Waals surface area contributed by atoms with E-state index in [2.05, 4.69) is 4.98 Å². The van der Waals surface area contributed by atoms with Gasteiger partial charge < -0.3 is 19.4 Å². The monoisotopic (exact) mass is 340 g/mol. The summed E-state index contributed by atoms with van der Waals surface area (Å²) in [6.07, 6.45) is 0.628. The Morgan fingerprint density at radius 2 is 2.17 bits per heavy atom. The molecule has 1 aromatic rings. The standard InChI is InChI=1S/C14H21BN2O5S/c1-8(2)11(17(4)15-7-18)5-12(22-9(3)19)13-16-10(6-23-13)14(20)21/h6-8,11-12,15H,5H2,1-4H3,(H,20,21)/t11-,12-/m1/s1. The number of ether oxygens (including phenoxy) is 1. The molecule has 1 N–H and O–H groups in total. The third-order valence-electron chi connectivity index (χ3n) is 3.48. The second kappa shape index (κ2) is 8.78. The molecule has 7 nitrogen and oxygen atoms in total. The summed E-state index contributed by atoms with van der Waals surface area (Å²) in [5.41, 5.74) is -0.0653. The first kappa shape index (κ1) is 19.3. The normalized spacial score (nSPS) is 13.7. The van der Waals surface area contributed by atoms with Crippen molar-refractivity contribution in [2.24, 2.45) is 5.92 Å². The van der Waals surface area contributed by atoms with Crippen molar-refractivity contribution < 1.29 is 24.2 Å². The number of aromatic carboxylic acids is 1. The minimum atomic E-state index is -1.12. The average Bonchev–Trinajstić information content (AvgIpc) is 2.92. The fourth-order valence-electron chi connectivity index (χ4n) is 2.37. The maximum absolute atomic E-state index is 11.4. The SMILES string of the molecule is CC(=O)O[C@H](C[C@H](C(C)C)N(C)BC=O)c1nc(C(=O)O)cs1. The van der Waals surface area contributed by atoms with E-state index >= 15 is 0 Å². The number of nitrogens with zero attached hydrogens (tertiary/aromatic N) is 2. The summed E-state index contributed by atoms with van der Waals surface area (Å²) in [6, 6.07) is -0.0123. The van der Waals surface area contributed by atoms with Crippen LogP contribution in [0.1, 0.15) is 48.8 Å². The third-order valence-corrected chi connectivity index (χ3v) is 4.42. The number of hydrogen-bond acceptors (Lipinski definition) is 7. The largest absolute Gasteiger partial charge is 0.476 e. The first-order valence-corrected chi connectivity index (χ1v) is 8.14. The number of carbonyl (C=O) groups excluding carboxylic acids is 2. The number of rotatable bonds is 9. The van der Waals surface area contributed by atoms with Crippen LogP contribution in [0.15, 0.2) is 5.38 Å². The second-order valence-corrected chi connectivity index (χ2v) is 6.52. The smallest absolute Gasteiger partial charge is 0.355 e. The van der Waals surface area contributed by atoms with E-state index < -0.39 is 18.0 Å². The zero-order chi connectivity index (χ0) is 17.6.